The van der Waals surface area contributed by atoms with Gasteiger partial charge >= 0.3 is 0 Å². The van der Waals surface area contributed by atoms with Gasteiger partial charge in [-0.3, -0.25) is 4.90 Å². The number of nitrogens with zero attached hydrogens (tertiary/aromatic N) is 1. The van der Waals surface area contributed by atoms with Crippen LogP contribution in [0.2, 0.25) is 0 Å². The van der Waals surface area contributed by atoms with Gasteiger partial charge in [0.15, 0.2) is 0 Å². The summed E-state index contributed by atoms with van der Waals surface area (Å²) in [6, 6.07) is 21.4. The molecule has 1 nitrogen and oxygen atoms in total. The average molecular weight is 305 g/mol. The van der Waals surface area contributed by atoms with Crippen LogP contribution in [-0.2, 0) is 13.1 Å². The molecular weight excluding hydrogens is 278 g/mol. The topological polar surface area (TPSA) is 3.24 Å². The second-order valence-corrected chi connectivity index (χ2v) is 6.06. The first-order valence-corrected chi connectivity index (χ1v) is 8.56. The van der Waals surface area contributed by atoms with E-state index in [9.17, 15) is 0 Å². The van der Waals surface area contributed by atoms with E-state index in [-0.39, 0.29) is 6.04 Å². The smallest absolute Gasteiger partial charge is 0.0746 e. The molecule has 1 atom stereocenters. The van der Waals surface area contributed by atoms with Gasteiger partial charge in [0.05, 0.1) is 6.04 Å². The van der Waals surface area contributed by atoms with Gasteiger partial charge in [-0.15, -0.1) is 6.42 Å². The number of rotatable bonds is 8. The third-order valence-corrected chi connectivity index (χ3v) is 4.52. The summed E-state index contributed by atoms with van der Waals surface area (Å²) in [6.07, 6.45) is 8.17. The van der Waals surface area contributed by atoms with Crippen molar-refractivity contribution in [2.75, 3.05) is 0 Å². The highest BCUT2D eigenvalue weighted by atomic mass is 15.2. The highest BCUT2D eigenvalue weighted by Gasteiger charge is 2.23. The molecule has 1 heteroatoms. The van der Waals surface area contributed by atoms with E-state index < -0.39 is 0 Å². The van der Waals surface area contributed by atoms with Crippen LogP contribution in [0.15, 0.2) is 60.7 Å². The molecule has 0 N–H and O–H groups in total. The van der Waals surface area contributed by atoms with Crippen LogP contribution in [0.4, 0.5) is 0 Å². The lowest BCUT2D eigenvalue weighted by molar-refractivity contribution is 0.160. The Hall–Kier alpha value is -2.04. The number of hydrogen-bond donors (Lipinski definition) is 0. The van der Waals surface area contributed by atoms with E-state index in [1.807, 2.05) is 0 Å². The minimum atomic E-state index is 0.172. The van der Waals surface area contributed by atoms with E-state index in [0.717, 1.165) is 25.9 Å². The van der Waals surface area contributed by atoms with Crippen molar-refractivity contribution in [2.24, 2.45) is 5.92 Å². The summed E-state index contributed by atoms with van der Waals surface area (Å²) in [6.45, 7) is 6.26. The van der Waals surface area contributed by atoms with Gasteiger partial charge in [0.25, 0.3) is 0 Å². The van der Waals surface area contributed by atoms with Crippen molar-refractivity contribution in [3.63, 3.8) is 0 Å². The largest absolute Gasteiger partial charge is 0.281 e. The predicted molar refractivity (Wildman–Crippen MR) is 98.8 cm³/mol. The highest BCUT2D eigenvalue weighted by Crippen LogP contribution is 2.22. The first-order chi connectivity index (χ1) is 11.3. The van der Waals surface area contributed by atoms with Crippen molar-refractivity contribution >= 4 is 0 Å². The number of terminal acetylenes is 1. The van der Waals surface area contributed by atoms with Crippen molar-refractivity contribution in [3.8, 4) is 12.3 Å². The molecule has 2 aromatic rings. The van der Waals surface area contributed by atoms with Crippen LogP contribution in [0.25, 0.3) is 0 Å². The van der Waals surface area contributed by atoms with Crippen LogP contribution in [0.1, 0.15) is 37.8 Å². The van der Waals surface area contributed by atoms with Crippen LogP contribution in [-0.4, -0.2) is 10.9 Å². The molecule has 0 unspecified atom stereocenters. The molecule has 120 valence electrons. The summed E-state index contributed by atoms with van der Waals surface area (Å²) in [5.74, 6) is 3.61. The Kier molecular flexibility index (Phi) is 6.91. The standard InChI is InChI=1S/C22H27N/c1-4-21(5-2)22(6-3)23(17-19-13-9-7-10-14-19)18-20-15-11-8-12-16-20/h3,7-16,21-22H,4-5,17-18H2,1-2H3/t22-/m1/s1. The second-order valence-electron chi connectivity index (χ2n) is 6.06. The number of benzene rings is 2. The maximum Gasteiger partial charge on any atom is 0.0746 e. The van der Waals surface area contributed by atoms with Crippen molar-refractivity contribution in [1.82, 2.24) is 4.90 Å². The molecule has 0 fully saturated rings. The van der Waals surface area contributed by atoms with Gasteiger partial charge in [-0.2, -0.15) is 0 Å². The molecule has 0 saturated carbocycles. The molecule has 0 saturated heterocycles. The molecule has 0 aliphatic carbocycles. The molecule has 0 amide bonds. The fourth-order valence-corrected chi connectivity index (χ4v) is 3.16. The lowest BCUT2D eigenvalue weighted by Crippen LogP contribution is -2.38. The average Bonchev–Trinajstić information content (AvgIpc) is 2.61. The zero-order valence-corrected chi connectivity index (χ0v) is 14.3. The first kappa shape index (κ1) is 17.3. The molecule has 23 heavy (non-hydrogen) atoms. The Morgan fingerprint density at radius 3 is 1.61 bits per heavy atom. The van der Waals surface area contributed by atoms with Gasteiger partial charge in [-0.25, -0.2) is 0 Å². The van der Waals surface area contributed by atoms with E-state index in [1.165, 1.54) is 11.1 Å². The van der Waals surface area contributed by atoms with Crippen LogP contribution < -0.4 is 0 Å². The summed E-state index contributed by atoms with van der Waals surface area (Å²) in [5.41, 5.74) is 2.63. The molecule has 2 aromatic carbocycles. The van der Waals surface area contributed by atoms with Gasteiger partial charge in [0.1, 0.15) is 0 Å². The maximum atomic E-state index is 5.94. The molecular formula is C22H27N. The summed E-state index contributed by atoms with van der Waals surface area (Å²) >= 11 is 0. The van der Waals surface area contributed by atoms with Crippen molar-refractivity contribution in [3.05, 3.63) is 71.8 Å². The zero-order chi connectivity index (χ0) is 16.5. The second kappa shape index (κ2) is 9.18. The Morgan fingerprint density at radius 1 is 0.826 bits per heavy atom. The van der Waals surface area contributed by atoms with Crippen LogP contribution in [0.3, 0.4) is 0 Å². The third-order valence-electron chi connectivity index (χ3n) is 4.52. The Morgan fingerprint density at radius 2 is 1.26 bits per heavy atom. The summed E-state index contributed by atoms with van der Waals surface area (Å²) in [4.78, 5) is 2.45. The Bertz CT molecular complexity index is 551. The minimum Gasteiger partial charge on any atom is -0.281 e. The first-order valence-electron chi connectivity index (χ1n) is 8.56. The molecule has 0 spiro atoms. The molecule has 0 aromatic heterocycles. The van der Waals surface area contributed by atoms with E-state index >= 15 is 0 Å². The van der Waals surface area contributed by atoms with Crippen molar-refractivity contribution in [1.29, 1.82) is 0 Å². The fourth-order valence-electron chi connectivity index (χ4n) is 3.16. The number of hydrogen-bond acceptors (Lipinski definition) is 1. The normalized spacial score (nSPS) is 12.3. The lowest BCUT2D eigenvalue weighted by atomic mass is 9.92. The Balaban J connectivity index is 2.24. The van der Waals surface area contributed by atoms with Crippen LogP contribution in [0, 0.1) is 18.3 Å². The van der Waals surface area contributed by atoms with Crippen LogP contribution >= 0.6 is 0 Å². The molecule has 0 radical (unpaired) electrons. The molecule has 0 bridgehead atoms. The quantitative estimate of drug-likeness (QED) is 0.611. The zero-order valence-electron chi connectivity index (χ0n) is 14.3. The van der Waals surface area contributed by atoms with Gasteiger partial charge in [0, 0.05) is 13.1 Å². The fraction of sp³-hybridized carbons (Fsp3) is 0.364. The lowest BCUT2D eigenvalue weighted by Gasteiger charge is -2.33. The molecule has 2 rings (SSSR count). The van der Waals surface area contributed by atoms with E-state index in [0.29, 0.717) is 5.92 Å². The molecule has 0 aliphatic rings. The van der Waals surface area contributed by atoms with Crippen LogP contribution in [0.5, 0.6) is 0 Å². The third kappa shape index (κ3) is 4.98. The van der Waals surface area contributed by atoms with E-state index in [1.54, 1.807) is 0 Å². The summed E-state index contributed by atoms with van der Waals surface area (Å²) in [7, 11) is 0. The maximum absolute atomic E-state index is 5.94. The van der Waals surface area contributed by atoms with Gasteiger partial charge in [-0.1, -0.05) is 93.3 Å². The van der Waals surface area contributed by atoms with Gasteiger partial charge < -0.3 is 0 Å². The SMILES string of the molecule is C#C[C@H](C(CC)CC)N(Cc1ccccc1)Cc1ccccc1. The molecule has 0 heterocycles. The minimum absolute atomic E-state index is 0.172. The highest BCUT2D eigenvalue weighted by molar-refractivity contribution is 5.19. The monoisotopic (exact) mass is 305 g/mol. The van der Waals surface area contributed by atoms with Gasteiger partial charge in [0.2, 0.25) is 0 Å². The van der Waals surface area contributed by atoms with Crippen molar-refractivity contribution in [2.45, 2.75) is 45.8 Å². The van der Waals surface area contributed by atoms with E-state index in [4.69, 9.17) is 6.42 Å². The molecule has 0 aliphatic heterocycles. The summed E-state index contributed by atoms with van der Waals surface area (Å²) < 4.78 is 0. The summed E-state index contributed by atoms with van der Waals surface area (Å²) in [5, 5.41) is 0. The predicted octanol–water partition coefficient (Wildman–Crippen LogP) is 5.13. The Labute approximate surface area is 141 Å². The van der Waals surface area contributed by atoms with Gasteiger partial charge in [-0.05, 0) is 17.0 Å². The van der Waals surface area contributed by atoms with Crippen molar-refractivity contribution < 1.29 is 0 Å². The van der Waals surface area contributed by atoms with E-state index in [2.05, 4.69) is 85.3 Å².